The van der Waals surface area contributed by atoms with Crippen LogP contribution in [0.5, 0.6) is 11.5 Å². The molecule has 0 aliphatic carbocycles. The molecule has 0 aliphatic rings. The lowest BCUT2D eigenvalue weighted by Gasteiger charge is -2.20. The van der Waals surface area contributed by atoms with Crippen molar-refractivity contribution >= 4 is 5.91 Å². The predicted octanol–water partition coefficient (Wildman–Crippen LogP) is 4.54. The average molecular weight is 375 g/mol. The normalized spacial score (nSPS) is 11.5. The number of rotatable bonds is 8. The quantitative estimate of drug-likeness (QED) is 0.629. The van der Waals surface area contributed by atoms with E-state index in [2.05, 4.69) is 5.32 Å². The van der Waals surface area contributed by atoms with Crippen LogP contribution in [-0.4, -0.2) is 19.6 Å². The molecule has 3 aromatic rings. The number of benzene rings is 3. The number of methoxy groups -OCH3 is 1. The second-order valence-electron chi connectivity index (χ2n) is 6.44. The van der Waals surface area contributed by atoms with E-state index in [1.165, 1.54) is 0 Å². The maximum absolute atomic E-state index is 12.7. The van der Waals surface area contributed by atoms with Gasteiger partial charge >= 0.3 is 0 Å². The molecule has 0 radical (unpaired) electrons. The number of ether oxygens (including phenoxy) is 2. The third-order valence-electron chi connectivity index (χ3n) is 4.49. The van der Waals surface area contributed by atoms with Gasteiger partial charge in [0.25, 0.3) is 0 Å². The summed E-state index contributed by atoms with van der Waals surface area (Å²) in [5.74, 6) is 1.57. The van der Waals surface area contributed by atoms with Crippen molar-refractivity contribution in [2.24, 2.45) is 0 Å². The Hall–Kier alpha value is -3.27. The maximum Gasteiger partial charge on any atom is 0.225 e. The van der Waals surface area contributed by atoms with Crippen LogP contribution in [0.15, 0.2) is 78.9 Å². The Bertz CT molecular complexity index is 874. The van der Waals surface area contributed by atoms with Gasteiger partial charge in [0, 0.05) is 0 Å². The molecule has 3 aromatic carbocycles. The van der Waals surface area contributed by atoms with Crippen molar-refractivity contribution in [1.82, 2.24) is 5.32 Å². The van der Waals surface area contributed by atoms with Crippen molar-refractivity contribution in [1.29, 1.82) is 0 Å². The fourth-order valence-electron chi connectivity index (χ4n) is 3.07. The Kier molecular flexibility index (Phi) is 6.68. The van der Waals surface area contributed by atoms with E-state index in [9.17, 15) is 4.79 Å². The lowest BCUT2D eigenvalue weighted by atomic mass is 9.98. The molecule has 4 heteroatoms. The van der Waals surface area contributed by atoms with Crippen molar-refractivity contribution in [2.75, 3.05) is 13.7 Å². The molecule has 28 heavy (non-hydrogen) atoms. The first-order valence-electron chi connectivity index (χ1n) is 9.39. The van der Waals surface area contributed by atoms with Crippen LogP contribution >= 0.6 is 0 Å². The molecule has 1 N–H and O–H groups in total. The molecule has 0 saturated carbocycles. The molecule has 144 valence electrons. The number of carbonyl (C=O) groups is 1. The van der Waals surface area contributed by atoms with E-state index in [-0.39, 0.29) is 11.9 Å². The van der Waals surface area contributed by atoms with Crippen LogP contribution in [0.1, 0.15) is 29.7 Å². The summed E-state index contributed by atoms with van der Waals surface area (Å²) in [6.07, 6.45) is 0.310. The van der Waals surface area contributed by atoms with E-state index in [1.807, 2.05) is 85.8 Å². The Morgan fingerprint density at radius 2 is 1.46 bits per heavy atom. The van der Waals surface area contributed by atoms with Gasteiger partial charge in [-0.3, -0.25) is 4.79 Å². The zero-order chi connectivity index (χ0) is 19.8. The highest BCUT2D eigenvalue weighted by molar-refractivity contribution is 5.79. The molecular formula is C24H25NO3. The van der Waals surface area contributed by atoms with Gasteiger partial charge in [-0.15, -0.1) is 0 Å². The fourth-order valence-corrected chi connectivity index (χ4v) is 3.07. The highest BCUT2D eigenvalue weighted by atomic mass is 16.5. The van der Waals surface area contributed by atoms with Gasteiger partial charge < -0.3 is 14.8 Å². The molecule has 0 aliphatic heterocycles. The van der Waals surface area contributed by atoms with Gasteiger partial charge in [-0.2, -0.15) is 0 Å². The van der Waals surface area contributed by atoms with Gasteiger partial charge in [0.05, 0.1) is 26.2 Å². The smallest absolute Gasteiger partial charge is 0.225 e. The minimum atomic E-state index is -0.220. The summed E-state index contributed by atoms with van der Waals surface area (Å²) in [5.41, 5.74) is 2.99. The Morgan fingerprint density at radius 1 is 0.857 bits per heavy atom. The van der Waals surface area contributed by atoms with Crippen LogP contribution < -0.4 is 14.8 Å². The van der Waals surface area contributed by atoms with E-state index in [0.717, 1.165) is 28.2 Å². The third-order valence-corrected chi connectivity index (χ3v) is 4.49. The third kappa shape index (κ3) is 5.13. The summed E-state index contributed by atoms with van der Waals surface area (Å²) in [6, 6.07) is 25.2. The standard InChI is InChI=1S/C24H25NO3/c1-3-28-22-15-11-20(12-16-22)24(19-7-5-4-6-8-19)25-23(26)17-18-9-13-21(27-2)14-10-18/h4-16,24H,3,17H2,1-2H3,(H,25,26). The van der Waals surface area contributed by atoms with Gasteiger partial charge in [0.2, 0.25) is 5.91 Å². The lowest BCUT2D eigenvalue weighted by Crippen LogP contribution is -2.30. The van der Waals surface area contributed by atoms with E-state index < -0.39 is 0 Å². The van der Waals surface area contributed by atoms with Crippen molar-refractivity contribution in [2.45, 2.75) is 19.4 Å². The summed E-state index contributed by atoms with van der Waals surface area (Å²) in [5, 5.41) is 3.17. The summed E-state index contributed by atoms with van der Waals surface area (Å²) < 4.78 is 10.7. The maximum atomic E-state index is 12.7. The number of amides is 1. The van der Waals surface area contributed by atoms with Crippen LogP contribution in [0, 0.1) is 0 Å². The molecule has 0 fully saturated rings. The largest absolute Gasteiger partial charge is 0.497 e. The molecule has 1 atom stereocenters. The van der Waals surface area contributed by atoms with Gasteiger partial charge in [-0.05, 0) is 47.9 Å². The van der Waals surface area contributed by atoms with E-state index >= 15 is 0 Å². The molecule has 1 unspecified atom stereocenters. The van der Waals surface area contributed by atoms with E-state index in [0.29, 0.717) is 13.0 Å². The van der Waals surface area contributed by atoms with Gasteiger partial charge in [0.15, 0.2) is 0 Å². The van der Waals surface area contributed by atoms with Gasteiger partial charge in [0.1, 0.15) is 11.5 Å². The molecular weight excluding hydrogens is 350 g/mol. The lowest BCUT2D eigenvalue weighted by molar-refractivity contribution is -0.120. The summed E-state index contributed by atoms with van der Waals surface area (Å²) >= 11 is 0. The van der Waals surface area contributed by atoms with E-state index in [4.69, 9.17) is 9.47 Å². The zero-order valence-corrected chi connectivity index (χ0v) is 16.2. The predicted molar refractivity (Wildman–Crippen MR) is 111 cm³/mol. The van der Waals surface area contributed by atoms with Crippen LogP contribution in [0.2, 0.25) is 0 Å². The van der Waals surface area contributed by atoms with Crippen molar-refractivity contribution in [3.63, 3.8) is 0 Å². The van der Waals surface area contributed by atoms with Gasteiger partial charge in [-0.25, -0.2) is 0 Å². The fraction of sp³-hybridized carbons (Fsp3) is 0.208. The summed E-state index contributed by atoms with van der Waals surface area (Å²) in [4.78, 5) is 12.7. The first-order chi connectivity index (χ1) is 13.7. The minimum absolute atomic E-state index is 0.0343. The molecule has 4 nitrogen and oxygen atoms in total. The molecule has 3 rings (SSSR count). The number of nitrogens with one attached hydrogen (secondary N) is 1. The second kappa shape index (κ2) is 9.60. The molecule has 0 bridgehead atoms. The Balaban J connectivity index is 1.77. The first-order valence-corrected chi connectivity index (χ1v) is 9.39. The number of hydrogen-bond donors (Lipinski definition) is 1. The SMILES string of the molecule is CCOc1ccc(C(NC(=O)Cc2ccc(OC)cc2)c2ccccc2)cc1. The monoisotopic (exact) mass is 375 g/mol. The van der Waals surface area contributed by atoms with Crippen molar-refractivity contribution in [3.8, 4) is 11.5 Å². The highest BCUT2D eigenvalue weighted by Crippen LogP contribution is 2.24. The number of carbonyl (C=O) groups excluding carboxylic acids is 1. The van der Waals surface area contributed by atoms with Crippen LogP contribution in [0.3, 0.4) is 0 Å². The minimum Gasteiger partial charge on any atom is -0.497 e. The summed E-state index contributed by atoms with van der Waals surface area (Å²) in [7, 11) is 1.63. The molecule has 0 spiro atoms. The van der Waals surface area contributed by atoms with Crippen LogP contribution in [0.4, 0.5) is 0 Å². The molecule has 1 amide bonds. The second-order valence-corrected chi connectivity index (χ2v) is 6.44. The topological polar surface area (TPSA) is 47.6 Å². The average Bonchev–Trinajstić information content (AvgIpc) is 2.74. The molecule has 0 heterocycles. The zero-order valence-electron chi connectivity index (χ0n) is 16.2. The van der Waals surface area contributed by atoms with Crippen molar-refractivity contribution < 1.29 is 14.3 Å². The van der Waals surface area contributed by atoms with E-state index in [1.54, 1.807) is 7.11 Å². The van der Waals surface area contributed by atoms with Crippen LogP contribution in [0.25, 0.3) is 0 Å². The Morgan fingerprint density at radius 3 is 2.07 bits per heavy atom. The molecule has 0 aromatic heterocycles. The van der Waals surface area contributed by atoms with Gasteiger partial charge in [-0.1, -0.05) is 54.6 Å². The molecule has 0 saturated heterocycles. The van der Waals surface area contributed by atoms with Crippen molar-refractivity contribution in [3.05, 3.63) is 95.6 Å². The first kappa shape index (κ1) is 19.5. The number of hydrogen-bond acceptors (Lipinski definition) is 3. The highest BCUT2D eigenvalue weighted by Gasteiger charge is 2.17. The Labute approximate surface area is 166 Å². The summed E-state index contributed by atoms with van der Waals surface area (Å²) in [6.45, 7) is 2.58. The van der Waals surface area contributed by atoms with Crippen LogP contribution in [-0.2, 0) is 11.2 Å².